The number of halogens is 2. The summed E-state index contributed by atoms with van der Waals surface area (Å²) >= 11 is 6.62. The number of rotatable bonds is 2. The number of benzene rings is 2. The lowest BCUT2D eigenvalue weighted by atomic mass is 10.2. The quantitative estimate of drug-likeness (QED) is 0.581. The third-order valence-corrected chi connectivity index (χ3v) is 5.43. The summed E-state index contributed by atoms with van der Waals surface area (Å²) in [6, 6.07) is 14.1. The van der Waals surface area contributed by atoms with E-state index < -0.39 is 0 Å². The van der Waals surface area contributed by atoms with Crippen LogP contribution >= 0.6 is 53.4 Å². The summed E-state index contributed by atoms with van der Waals surface area (Å²) in [6.07, 6.45) is 0. The number of hydrogen-bond acceptors (Lipinski definition) is 4. The van der Waals surface area contributed by atoms with Crippen LogP contribution in [0.25, 0.3) is 0 Å². The maximum Gasteiger partial charge on any atom is 0.230 e. The Labute approximate surface area is 141 Å². The molecule has 2 aromatic carbocycles. The molecule has 0 saturated carbocycles. The molecule has 102 valence electrons. The van der Waals surface area contributed by atoms with Crippen LogP contribution in [-0.2, 0) is 0 Å². The zero-order valence-corrected chi connectivity index (χ0v) is 14.8. The Hall–Kier alpha value is -0.560. The van der Waals surface area contributed by atoms with Crippen molar-refractivity contribution in [3.63, 3.8) is 0 Å². The Morgan fingerprint density at radius 1 is 0.650 bits per heavy atom. The zero-order valence-electron chi connectivity index (χ0n) is 10.0. The topological polar surface area (TPSA) is 34.1 Å². The molecule has 0 aliphatic heterocycles. The Morgan fingerprint density at radius 3 is 1.25 bits per heavy atom. The summed E-state index contributed by atoms with van der Waals surface area (Å²) in [4.78, 5) is 23.8. The van der Waals surface area contributed by atoms with Crippen LogP contribution in [0.3, 0.4) is 0 Å². The van der Waals surface area contributed by atoms with Crippen molar-refractivity contribution in [1.29, 1.82) is 0 Å². The predicted molar refractivity (Wildman–Crippen MR) is 92.1 cm³/mol. The van der Waals surface area contributed by atoms with E-state index in [-0.39, 0.29) is 10.2 Å². The van der Waals surface area contributed by atoms with Crippen molar-refractivity contribution in [1.82, 2.24) is 0 Å². The highest BCUT2D eigenvalue weighted by atomic mass is 79.9. The molecular weight excluding hydrogens is 424 g/mol. The maximum atomic E-state index is 11.9. The second-order valence-corrected chi connectivity index (χ2v) is 7.66. The van der Waals surface area contributed by atoms with Crippen molar-refractivity contribution >= 4 is 63.7 Å². The summed E-state index contributed by atoms with van der Waals surface area (Å²) in [5, 5.41) is -0.263. The average Bonchev–Trinajstić information content (AvgIpc) is 2.46. The summed E-state index contributed by atoms with van der Waals surface area (Å²) in [5.74, 6) is 0. The molecule has 0 unspecified atom stereocenters. The van der Waals surface area contributed by atoms with Gasteiger partial charge < -0.3 is 0 Å². The smallest absolute Gasteiger partial charge is 0.230 e. The highest BCUT2D eigenvalue weighted by Gasteiger charge is 2.12. The van der Waals surface area contributed by atoms with E-state index in [1.807, 2.05) is 0 Å². The molecule has 0 aliphatic carbocycles. The van der Waals surface area contributed by atoms with E-state index in [1.165, 1.54) is 0 Å². The second-order valence-electron chi connectivity index (χ2n) is 3.76. The lowest BCUT2D eigenvalue weighted by molar-refractivity contribution is 0.107. The van der Waals surface area contributed by atoms with Crippen molar-refractivity contribution in [2.24, 2.45) is 0 Å². The minimum Gasteiger partial charge on any atom is -0.281 e. The van der Waals surface area contributed by atoms with Gasteiger partial charge in [0.15, 0.2) is 0 Å². The molecule has 0 amide bonds. The van der Waals surface area contributed by atoms with Crippen molar-refractivity contribution in [3.05, 3.63) is 68.6 Å². The number of carbonyl (C=O) groups is 2. The van der Waals surface area contributed by atoms with Gasteiger partial charge in [-0.1, -0.05) is 31.9 Å². The first-order valence-electron chi connectivity index (χ1n) is 5.50. The fraction of sp³-hybridized carbons (Fsp3) is 0. The minimum atomic E-state index is -0.132. The van der Waals surface area contributed by atoms with Gasteiger partial charge in [-0.15, -0.1) is 0 Å². The highest BCUT2D eigenvalue weighted by Crippen LogP contribution is 2.30. The van der Waals surface area contributed by atoms with Gasteiger partial charge in [-0.25, -0.2) is 0 Å². The molecule has 0 aliphatic rings. The Morgan fingerprint density at radius 2 is 0.950 bits per heavy atom. The van der Waals surface area contributed by atoms with Gasteiger partial charge >= 0.3 is 0 Å². The van der Waals surface area contributed by atoms with Gasteiger partial charge in [0.2, 0.25) is 10.2 Å². The minimum absolute atomic E-state index is 0.132. The SMILES string of the molecule is O=C(SSC(=O)c1ccc(Br)cc1)c1ccc(Br)cc1. The molecule has 0 saturated heterocycles. The molecular formula is C14H8Br2O2S2. The first-order valence-corrected chi connectivity index (χ1v) is 9.24. The molecule has 0 radical (unpaired) electrons. The molecule has 0 bridgehead atoms. The van der Waals surface area contributed by atoms with Crippen molar-refractivity contribution < 1.29 is 9.59 Å². The van der Waals surface area contributed by atoms with Gasteiger partial charge in [-0.05, 0) is 70.1 Å². The van der Waals surface area contributed by atoms with Crippen molar-refractivity contribution in [3.8, 4) is 0 Å². The molecule has 0 N–H and O–H groups in total. The van der Waals surface area contributed by atoms with Crippen LogP contribution in [0.5, 0.6) is 0 Å². The molecule has 2 rings (SSSR count). The first kappa shape index (κ1) is 15.8. The Bertz CT molecular complexity index is 567. The monoisotopic (exact) mass is 430 g/mol. The fourth-order valence-corrected chi connectivity index (χ4v) is 3.52. The van der Waals surface area contributed by atoms with Crippen LogP contribution in [0, 0.1) is 0 Å². The third-order valence-electron chi connectivity index (χ3n) is 2.35. The third kappa shape index (κ3) is 4.48. The van der Waals surface area contributed by atoms with Gasteiger partial charge in [0.25, 0.3) is 0 Å². The van der Waals surface area contributed by atoms with E-state index in [9.17, 15) is 9.59 Å². The summed E-state index contributed by atoms with van der Waals surface area (Å²) < 4.78 is 1.83. The number of hydrogen-bond donors (Lipinski definition) is 0. The van der Waals surface area contributed by atoms with Gasteiger partial charge in [-0.3, -0.25) is 9.59 Å². The van der Waals surface area contributed by atoms with E-state index in [1.54, 1.807) is 48.5 Å². The molecule has 0 fully saturated rings. The lowest BCUT2D eigenvalue weighted by Crippen LogP contribution is -1.94. The van der Waals surface area contributed by atoms with E-state index in [0.717, 1.165) is 30.5 Å². The van der Waals surface area contributed by atoms with Crippen LogP contribution in [0.2, 0.25) is 0 Å². The zero-order chi connectivity index (χ0) is 14.5. The van der Waals surface area contributed by atoms with Gasteiger partial charge in [0, 0.05) is 20.1 Å². The van der Waals surface area contributed by atoms with Crippen LogP contribution in [0.15, 0.2) is 57.5 Å². The molecule has 0 heterocycles. The fourth-order valence-electron chi connectivity index (χ4n) is 1.34. The molecule has 6 heteroatoms. The van der Waals surface area contributed by atoms with Gasteiger partial charge in [0.05, 0.1) is 0 Å². The first-order chi connectivity index (χ1) is 9.56. The maximum absolute atomic E-state index is 11.9. The van der Waals surface area contributed by atoms with Gasteiger partial charge in [0.1, 0.15) is 0 Å². The van der Waals surface area contributed by atoms with Crippen LogP contribution in [0.4, 0.5) is 0 Å². The summed E-state index contributed by atoms with van der Waals surface area (Å²) in [6.45, 7) is 0. The highest BCUT2D eigenvalue weighted by molar-refractivity contribution is 9.10. The van der Waals surface area contributed by atoms with E-state index in [2.05, 4.69) is 31.9 Å². The Kier molecular flexibility index (Phi) is 5.89. The van der Waals surface area contributed by atoms with E-state index >= 15 is 0 Å². The van der Waals surface area contributed by atoms with E-state index in [0.29, 0.717) is 11.1 Å². The lowest BCUT2D eigenvalue weighted by Gasteiger charge is -2.01. The number of carbonyl (C=O) groups excluding carboxylic acids is 2. The molecule has 0 atom stereocenters. The normalized spacial score (nSPS) is 10.3. The Balaban J connectivity index is 1.94. The van der Waals surface area contributed by atoms with Gasteiger partial charge in [-0.2, -0.15) is 0 Å². The van der Waals surface area contributed by atoms with E-state index in [4.69, 9.17) is 0 Å². The molecule has 20 heavy (non-hydrogen) atoms. The summed E-state index contributed by atoms with van der Waals surface area (Å²) in [7, 11) is 1.89. The van der Waals surface area contributed by atoms with Crippen LogP contribution in [0.1, 0.15) is 20.7 Å². The molecule has 2 aromatic rings. The largest absolute Gasteiger partial charge is 0.281 e. The summed E-state index contributed by atoms with van der Waals surface area (Å²) in [5.41, 5.74) is 1.16. The van der Waals surface area contributed by atoms with Crippen molar-refractivity contribution in [2.45, 2.75) is 0 Å². The molecule has 2 nitrogen and oxygen atoms in total. The predicted octanol–water partition coefficient (Wildman–Crippen LogP) is 5.57. The average molecular weight is 432 g/mol. The standard InChI is InChI=1S/C14H8Br2O2S2/c15-11-5-1-9(2-6-11)13(17)19-20-14(18)10-3-7-12(16)8-4-10/h1-8H. The molecule has 0 spiro atoms. The second kappa shape index (κ2) is 7.45. The van der Waals surface area contributed by atoms with Crippen LogP contribution < -0.4 is 0 Å². The van der Waals surface area contributed by atoms with Crippen LogP contribution in [-0.4, -0.2) is 10.2 Å². The van der Waals surface area contributed by atoms with Crippen molar-refractivity contribution in [2.75, 3.05) is 0 Å². The molecule has 0 aromatic heterocycles.